The van der Waals surface area contributed by atoms with Crippen molar-refractivity contribution in [2.45, 2.75) is 26.7 Å². The molecule has 1 aliphatic carbocycles. The molecule has 0 fully saturated rings. The second kappa shape index (κ2) is 3.48. The molecule has 12 heavy (non-hydrogen) atoms. The maximum Gasteiger partial charge on any atom is 0.155 e. The van der Waals surface area contributed by atoms with Crippen LogP contribution in [0, 0.1) is 0 Å². The maximum atomic E-state index is 10.9. The Morgan fingerprint density at radius 1 is 1.00 bits per heavy atom. The van der Waals surface area contributed by atoms with E-state index in [1.54, 1.807) is 13.8 Å². The lowest BCUT2D eigenvalue weighted by atomic mass is 9.95. The molecule has 0 unspecified atom stereocenters. The minimum atomic E-state index is 0.105. The molecule has 1 rings (SSSR count). The first-order chi connectivity index (χ1) is 5.61. The molecule has 0 spiro atoms. The van der Waals surface area contributed by atoms with Gasteiger partial charge in [0.25, 0.3) is 0 Å². The first-order valence-corrected chi connectivity index (χ1v) is 4.01. The molecule has 0 aliphatic heterocycles. The molecule has 0 aromatic rings. The fourth-order valence-electron chi connectivity index (χ4n) is 1.21. The van der Waals surface area contributed by atoms with Gasteiger partial charge in [0.15, 0.2) is 11.6 Å². The van der Waals surface area contributed by atoms with Crippen molar-refractivity contribution in [2.75, 3.05) is 0 Å². The number of allylic oxidation sites excluding steroid dienone is 4. The Balaban J connectivity index is 2.66. The molecule has 0 atom stereocenters. The summed E-state index contributed by atoms with van der Waals surface area (Å²) >= 11 is 0. The summed E-state index contributed by atoms with van der Waals surface area (Å²) in [5.41, 5.74) is 1.64. The van der Waals surface area contributed by atoms with Crippen LogP contribution in [0.5, 0.6) is 0 Å². The molecule has 0 N–H and O–H groups in total. The Morgan fingerprint density at radius 3 is 1.50 bits per heavy atom. The third kappa shape index (κ3) is 1.91. The van der Waals surface area contributed by atoms with Crippen molar-refractivity contribution in [3.05, 3.63) is 23.3 Å². The second-order valence-electron chi connectivity index (χ2n) is 2.98. The third-order valence-electron chi connectivity index (χ3n) is 2.04. The number of carbonyl (C=O) groups excluding carboxylic acids is 2. The van der Waals surface area contributed by atoms with Crippen LogP contribution in [-0.2, 0) is 9.59 Å². The number of rotatable bonds is 2. The number of ketones is 2. The number of hydrogen-bond acceptors (Lipinski definition) is 2. The van der Waals surface area contributed by atoms with E-state index in [4.69, 9.17) is 0 Å². The lowest BCUT2D eigenvalue weighted by Gasteiger charge is -2.08. The van der Waals surface area contributed by atoms with Crippen molar-refractivity contribution in [1.29, 1.82) is 0 Å². The van der Waals surface area contributed by atoms with Gasteiger partial charge in [-0.1, -0.05) is 12.2 Å². The van der Waals surface area contributed by atoms with Gasteiger partial charge in [-0.2, -0.15) is 0 Å². The monoisotopic (exact) mass is 164 g/mol. The predicted molar refractivity (Wildman–Crippen MR) is 46.8 cm³/mol. The molecule has 2 nitrogen and oxygen atoms in total. The molecular formula is C10H12O2. The first kappa shape index (κ1) is 8.91. The van der Waals surface area contributed by atoms with E-state index in [0.717, 1.165) is 11.1 Å². The molecular weight excluding hydrogens is 152 g/mol. The van der Waals surface area contributed by atoms with Crippen LogP contribution in [0.25, 0.3) is 0 Å². The van der Waals surface area contributed by atoms with Gasteiger partial charge >= 0.3 is 0 Å². The van der Waals surface area contributed by atoms with Crippen LogP contribution in [-0.4, -0.2) is 11.6 Å². The highest BCUT2D eigenvalue weighted by atomic mass is 16.1. The van der Waals surface area contributed by atoms with E-state index in [-0.39, 0.29) is 11.6 Å². The molecule has 0 saturated heterocycles. The van der Waals surface area contributed by atoms with Crippen molar-refractivity contribution in [1.82, 2.24) is 0 Å². The van der Waals surface area contributed by atoms with Gasteiger partial charge < -0.3 is 0 Å². The van der Waals surface area contributed by atoms with Gasteiger partial charge in [-0.05, 0) is 37.8 Å². The first-order valence-electron chi connectivity index (χ1n) is 4.01. The largest absolute Gasteiger partial charge is 0.295 e. The molecule has 1 aliphatic rings. The summed E-state index contributed by atoms with van der Waals surface area (Å²) in [5.74, 6) is 0.211. The van der Waals surface area contributed by atoms with E-state index < -0.39 is 0 Å². The van der Waals surface area contributed by atoms with Crippen molar-refractivity contribution in [2.24, 2.45) is 0 Å². The minimum Gasteiger partial charge on any atom is -0.295 e. The smallest absolute Gasteiger partial charge is 0.155 e. The zero-order chi connectivity index (χ0) is 9.14. The quantitative estimate of drug-likeness (QED) is 0.623. The van der Waals surface area contributed by atoms with Crippen molar-refractivity contribution < 1.29 is 9.59 Å². The van der Waals surface area contributed by atoms with Crippen LogP contribution in [0.1, 0.15) is 26.7 Å². The Morgan fingerprint density at radius 2 is 1.33 bits per heavy atom. The van der Waals surface area contributed by atoms with Gasteiger partial charge in [-0.25, -0.2) is 0 Å². The van der Waals surface area contributed by atoms with Crippen LogP contribution in [0.3, 0.4) is 0 Å². The summed E-state index contributed by atoms with van der Waals surface area (Å²) < 4.78 is 0. The average molecular weight is 164 g/mol. The van der Waals surface area contributed by atoms with E-state index in [1.165, 1.54) is 0 Å². The van der Waals surface area contributed by atoms with Crippen LogP contribution >= 0.6 is 0 Å². The zero-order valence-electron chi connectivity index (χ0n) is 7.39. The Bertz CT molecular complexity index is 252. The molecule has 64 valence electrons. The maximum absolute atomic E-state index is 10.9. The summed E-state index contributed by atoms with van der Waals surface area (Å²) in [6, 6.07) is 0. The topological polar surface area (TPSA) is 34.1 Å². The van der Waals surface area contributed by atoms with Gasteiger partial charge in [0, 0.05) is 0 Å². The predicted octanol–water partition coefficient (Wildman–Crippen LogP) is 1.81. The molecule has 0 radical (unpaired) electrons. The van der Waals surface area contributed by atoms with Gasteiger partial charge in [-0.3, -0.25) is 9.59 Å². The fourth-order valence-corrected chi connectivity index (χ4v) is 1.21. The third-order valence-corrected chi connectivity index (χ3v) is 2.04. The summed E-state index contributed by atoms with van der Waals surface area (Å²) in [6.07, 6.45) is 4.92. The minimum absolute atomic E-state index is 0.105. The molecule has 0 amide bonds. The van der Waals surface area contributed by atoms with Crippen LogP contribution < -0.4 is 0 Å². The standard InChI is InChI=1S/C10H12O2/c1-7(11)9-3-5-10(6-4-9)8(2)12/h3,6H,4-5H2,1-2H3. The van der Waals surface area contributed by atoms with Crippen LogP contribution in [0.2, 0.25) is 0 Å². The Kier molecular flexibility index (Phi) is 2.58. The fraction of sp³-hybridized carbons (Fsp3) is 0.400. The number of hydrogen-bond donors (Lipinski definition) is 0. The molecule has 0 saturated carbocycles. The highest BCUT2D eigenvalue weighted by Crippen LogP contribution is 2.18. The highest BCUT2D eigenvalue weighted by molar-refractivity contribution is 5.97. The van der Waals surface area contributed by atoms with E-state index >= 15 is 0 Å². The lowest BCUT2D eigenvalue weighted by Crippen LogP contribution is -2.04. The lowest BCUT2D eigenvalue weighted by molar-refractivity contribution is -0.115. The van der Waals surface area contributed by atoms with Gasteiger partial charge in [-0.15, -0.1) is 0 Å². The van der Waals surface area contributed by atoms with E-state index in [0.29, 0.717) is 12.8 Å². The summed E-state index contributed by atoms with van der Waals surface area (Å²) in [7, 11) is 0. The molecule has 0 bridgehead atoms. The van der Waals surface area contributed by atoms with Gasteiger partial charge in [0.1, 0.15) is 0 Å². The SMILES string of the molecule is CC(=O)C1=CCC(C(C)=O)=CC1. The number of Topliss-reactive ketones (excluding diaryl/α,β-unsaturated/α-hetero) is 2. The van der Waals surface area contributed by atoms with Crippen LogP contribution in [0.15, 0.2) is 23.3 Å². The summed E-state index contributed by atoms with van der Waals surface area (Å²) in [4.78, 5) is 21.8. The molecule has 0 aromatic heterocycles. The van der Waals surface area contributed by atoms with Crippen molar-refractivity contribution >= 4 is 11.6 Å². The molecule has 2 heteroatoms. The molecule has 0 heterocycles. The van der Waals surface area contributed by atoms with Crippen LogP contribution in [0.4, 0.5) is 0 Å². The normalized spacial score (nSPS) is 16.5. The van der Waals surface area contributed by atoms with E-state index in [1.807, 2.05) is 12.2 Å². The van der Waals surface area contributed by atoms with Gasteiger partial charge in [0.2, 0.25) is 0 Å². The number of carbonyl (C=O) groups is 2. The average Bonchev–Trinajstić information content (AvgIpc) is 2.04. The Hall–Kier alpha value is -1.18. The molecule has 0 aromatic carbocycles. The second-order valence-corrected chi connectivity index (χ2v) is 2.98. The highest BCUT2D eigenvalue weighted by Gasteiger charge is 2.10. The van der Waals surface area contributed by atoms with Gasteiger partial charge in [0.05, 0.1) is 0 Å². The Labute approximate surface area is 72.0 Å². The van der Waals surface area contributed by atoms with Crippen molar-refractivity contribution in [3.63, 3.8) is 0 Å². The van der Waals surface area contributed by atoms with E-state index in [2.05, 4.69) is 0 Å². The zero-order valence-corrected chi connectivity index (χ0v) is 7.39. The van der Waals surface area contributed by atoms with Crippen molar-refractivity contribution in [3.8, 4) is 0 Å². The summed E-state index contributed by atoms with van der Waals surface area (Å²) in [6.45, 7) is 3.11. The summed E-state index contributed by atoms with van der Waals surface area (Å²) in [5, 5.41) is 0. The van der Waals surface area contributed by atoms with E-state index in [9.17, 15) is 9.59 Å².